The third-order valence-corrected chi connectivity index (χ3v) is 3.65. The SMILES string of the molecule is CCCC(Oc1ccc(N)c(Nc2ccc(C)cc2)c1)C(=O)OC. The van der Waals surface area contributed by atoms with Gasteiger partial charge in [0.05, 0.1) is 18.5 Å². The molecule has 0 spiro atoms. The number of anilines is 3. The quantitative estimate of drug-likeness (QED) is 0.593. The number of hydrogen-bond donors (Lipinski definition) is 2. The van der Waals surface area contributed by atoms with Crippen molar-refractivity contribution < 1.29 is 14.3 Å². The molecule has 0 aliphatic heterocycles. The number of benzene rings is 2. The maximum atomic E-state index is 11.8. The van der Waals surface area contributed by atoms with Gasteiger partial charge in [-0.1, -0.05) is 31.0 Å². The van der Waals surface area contributed by atoms with Crippen LogP contribution in [-0.2, 0) is 9.53 Å². The lowest BCUT2D eigenvalue weighted by atomic mass is 10.2. The second kappa shape index (κ2) is 8.24. The first-order chi connectivity index (χ1) is 11.5. The Morgan fingerprint density at radius 3 is 2.54 bits per heavy atom. The highest BCUT2D eigenvalue weighted by Gasteiger charge is 2.20. The Balaban J connectivity index is 2.17. The van der Waals surface area contributed by atoms with E-state index in [9.17, 15) is 4.79 Å². The van der Waals surface area contributed by atoms with Gasteiger partial charge in [-0.15, -0.1) is 0 Å². The summed E-state index contributed by atoms with van der Waals surface area (Å²) in [6, 6.07) is 13.3. The number of methoxy groups -OCH3 is 1. The number of aryl methyl sites for hydroxylation is 1. The normalized spacial score (nSPS) is 11.6. The van der Waals surface area contributed by atoms with Crippen molar-refractivity contribution >= 4 is 23.0 Å². The first kappa shape index (κ1) is 17.7. The van der Waals surface area contributed by atoms with Crippen LogP contribution in [0.15, 0.2) is 42.5 Å². The van der Waals surface area contributed by atoms with Crippen molar-refractivity contribution in [3.8, 4) is 5.75 Å². The fourth-order valence-corrected chi connectivity index (χ4v) is 2.29. The van der Waals surface area contributed by atoms with Crippen LogP contribution in [0.1, 0.15) is 25.3 Å². The van der Waals surface area contributed by atoms with Gasteiger partial charge in [-0.2, -0.15) is 0 Å². The van der Waals surface area contributed by atoms with Gasteiger partial charge in [-0.25, -0.2) is 4.79 Å². The highest BCUT2D eigenvalue weighted by Crippen LogP contribution is 2.29. The maximum Gasteiger partial charge on any atom is 0.347 e. The van der Waals surface area contributed by atoms with E-state index in [4.69, 9.17) is 15.2 Å². The molecule has 2 rings (SSSR count). The van der Waals surface area contributed by atoms with Gasteiger partial charge in [-0.3, -0.25) is 0 Å². The summed E-state index contributed by atoms with van der Waals surface area (Å²) in [4.78, 5) is 11.8. The fourth-order valence-electron chi connectivity index (χ4n) is 2.29. The largest absolute Gasteiger partial charge is 0.479 e. The van der Waals surface area contributed by atoms with Crippen molar-refractivity contribution in [3.05, 3.63) is 48.0 Å². The van der Waals surface area contributed by atoms with E-state index in [1.165, 1.54) is 12.7 Å². The third-order valence-electron chi connectivity index (χ3n) is 3.65. The summed E-state index contributed by atoms with van der Waals surface area (Å²) in [6.07, 6.45) is 0.803. The van der Waals surface area contributed by atoms with Crippen LogP contribution in [0.5, 0.6) is 5.75 Å². The van der Waals surface area contributed by atoms with Gasteiger partial charge >= 0.3 is 5.97 Å². The number of ether oxygens (including phenoxy) is 2. The van der Waals surface area contributed by atoms with Gasteiger partial charge < -0.3 is 20.5 Å². The summed E-state index contributed by atoms with van der Waals surface area (Å²) < 4.78 is 10.6. The monoisotopic (exact) mass is 328 g/mol. The molecule has 0 saturated heterocycles. The van der Waals surface area contributed by atoms with Crippen molar-refractivity contribution in [3.63, 3.8) is 0 Å². The van der Waals surface area contributed by atoms with Crippen LogP contribution >= 0.6 is 0 Å². The smallest absolute Gasteiger partial charge is 0.347 e. The van der Waals surface area contributed by atoms with E-state index in [1.54, 1.807) is 18.2 Å². The minimum atomic E-state index is -0.615. The molecule has 0 aromatic heterocycles. The van der Waals surface area contributed by atoms with Crippen LogP contribution in [0.2, 0.25) is 0 Å². The molecule has 2 aromatic rings. The van der Waals surface area contributed by atoms with Crippen LogP contribution in [0.3, 0.4) is 0 Å². The van der Waals surface area contributed by atoms with E-state index in [1.807, 2.05) is 38.1 Å². The Bertz CT molecular complexity index is 684. The average molecular weight is 328 g/mol. The van der Waals surface area contributed by atoms with Crippen LogP contribution in [0.4, 0.5) is 17.1 Å². The standard InChI is InChI=1S/C19H24N2O3/c1-4-5-18(19(22)23-3)24-15-10-11-16(20)17(12-15)21-14-8-6-13(2)7-9-14/h6-12,18,21H,4-5,20H2,1-3H3. The van der Waals surface area contributed by atoms with Crippen molar-refractivity contribution in [2.75, 3.05) is 18.2 Å². The molecule has 0 radical (unpaired) electrons. The number of rotatable bonds is 7. The zero-order valence-corrected chi connectivity index (χ0v) is 14.3. The van der Waals surface area contributed by atoms with Gasteiger partial charge in [0.2, 0.25) is 0 Å². The molecule has 0 amide bonds. The van der Waals surface area contributed by atoms with Crippen molar-refractivity contribution in [1.82, 2.24) is 0 Å². The minimum Gasteiger partial charge on any atom is -0.479 e. The number of esters is 1. The lowest BCUT2D eigenvalue weighted by Crippen LogP contribution is -2.28. The number of hydrogen-bond acceptors (Lipinski definition) is 5. The van der Waals surface area contributed by atoms with Crippen LogP contribution in [0, 0.1) is 6.92 Å². The molecule has 1 unspecified atom stereocenters. The molecule has 128 valence electrons. The summed E-state index contributed by atoms with van der Waals surface area (Å²) >= 11 is 0. The summed E-state index contributed by atoms with van der Waals surface area (Å²) in [5.74, 6) is 0.199. The maximum absolute atomic E-state index is 11.8. The van der Waals surface area contributed by atoms with E-state index < -0.39 is 6.10 Å². The molecule has 0 heterocycles. The van der Waals surface area contributed by atoms with Crippen molar-refractivity contribution in [2.24, 2.45) is 0 Å². The van der Waals surface area contributed by atoms with E-state index in [-0.39, 0.29) is 5.97 Å². The molecule has 3 N–H and O–H groups in total. The number of nitrogen functional groups attached to an aromatic ring is 1. The summed E-state index contributed by atoms with van der Waals surface area (Å²) in [6.45, 7) is 4.03. The molecule has 5 nitrogen and oxygen atoms in total. The van der Waals surface area contributed by atoms with Gasteiger partial charge in [0.25, 0.3) is 0 Å². The van der Waals surface area contributed by atoms with E-state index in [0.29, 0.717) is 17.9 Å². The molecule has 1 atom stereocenters. The number of carbonyl (C=O) groups is 1. The van der Waals surface area contributed by atoms with Crippen molar-refractivity contribution in [2.45, 2.75) is 32.8 Å². The molecule has 0 aliphatic rings. The van der Waals surface area contributed by atoms with E-state index >= 15 is 0 Å². The Morgan fingerprint density at radius 1 is 1.21 bits per heavy atom. The lowest BCUT2D eigenvalue weighted by molar-refractivity contribution is -0.149. The zero-order chi connectivity index (χ0) is 17.5. The third kappa shape index (κ3) is 4.65. The minimum absolute atomic E-state index is 0.373. The highest BCUT2D eigenvalue weighted by molar-refractivity contribution is 5.76. The van der Waals surface area contributed by atoms with E-state index in [0.717, 1.165) is 17.8 Å². The van der Waals surface area contributed by atoms with Gasteiger partial charge in [0.1, 0.15) is 5.75 Å². The Morgan fingerprint density at radius 2 is 1.92 bits per heavy atom. The second-order valence-electron chi connectivity index (χ2n) is 5.66. The molecular formula is C19H24N2O3. The Hall–Kier alpha value is -2.69. The van der Waals surface area contributed by atoms with Gasteiger partial charge in [0.15, 0.2) is 6.10 Å². The topological polar surface area (TPSA) is 73.6 Å². The Labute approximate surface area is 142 Å². The molecule has 2 aromatic carbocycles. The number of nitrogens with two attached hydrogens (primary N) is 1. The summed E-state index contributed by atoms with van der Waals surface area (Å²) in [5, 5.41) is 3.27. The van der Waals surface area contributed by atoms with Gasteiger partial charge in [-0.05, 0) is 37.6 Å². The number of nitrogens with one attached hydrogen (secondary N) is 1. The molecular weight excluding hydrogens is 304 g/mol. The predicted octanol–water partition coefficient (Wildman–Crippen LogP) is 4.04. The highest BCUT2D eigenvalue weighted by atomic mass is 16.6. The first-order valence-electron chi connectivity index (χ1n) is 8.01. The fraction of sp³-hybridized carbons (Fsp3) is 0.316. The van der Waals surface area contributed by atoms with Gasteiger partial charge in [0, 0.05) is 11.8 Å². The predicted molar refractivity (Wildman–Crippen MR) is 96.7 cm³/mol. The molecule has 0 saturated carbocycles. The zero-order valence-electron chi connectivity index (χ0n) is 14.3. The number of carbonyl (C=O) groups excluding carboxylic acids is 1. The first-order valence-corrected chi connectivity index (χ1v) is 8.01. The average Bonchev–Trinajstić information content (AvgIpc) is 2.58. The Kier molecular flexibility index (Phi) is 6.07. The second-order valence-corrected chi connectivity index (χ2v) is 5.66. The summed E-state index contributed by atoms with van der Waals surface area (Å²) in [5.41, 5.74) is 9.49. The van der Waals surface area contributed by atoms with Crippen LogP contribution in [-0.4, -0.2) is 19.2 Å². The van der Waals surface area contributed by atoms with E-state index in [2.05, 4.69) is 5.32 Å². The van der Waals surface area contributed by atoms with Crippen LogP contribution in [0.25, 0.3) is 0 Å². The molecule has 0 bridgehead atoms. The van der Waals surface area contributed by atoms with Crippen LogP contribution < -0.4 is 15.8 Å². The molecule has 24 heavy (non-hydrogen) atoms. The molecule has 5 heteroatoms. The molecule has 0 fully saturated rings. The lowest BCUT2D eigenvalue weighted by Gasteiger charge is -2.18. The molecule has 0 aliphatic carbocycles. The summed E-state index contributed by atoms with van der Waals surface area (Å²) in [7, 11) is 1.36. The van der Waals surface area contributed by atoms with Crippen molar-refractivity contribution in [1.29, 1.82) is 0 Å².